The van der Waals surface area contributed by atoms with Gasteiger partial charge in [0.05, 0.1) is 0 Å². The van der Waals surface area contributed by atoms with Crippen molar-refractivity contribution in [2.45, 2.75) is 64.9 Å². The highest BCUT2D eigenvalue weighted by Gasteiger charge is 2.49. The molecule has 1 nitrogen and oxygen atoms in total. The first-order valence-electron chi connectivity index (χ1n) is 7.04. The van der Waals surface area contributed by atoms with Crippen LogP contribution in [0.3, 0.4) is 0 Å². The van der Waals surface area contributed by atoms with E-state index in [1.165, 1.54) is 11.1 Å². The molecular formula is C17H25ClO. The first-order valence-corrected chi connectivity index (χ1v) is 7.48. The Morgan fingerprint density at radius 2 is 1.89 bits per heavy atom. The third-order valence-corrected chi connectivity index (χ3v) is 5.01. The lowest BCUT2D eigenvalue weighted by Crippen LogP contribution is -2.53. The zero-order chi connectivity index (χ0) is 14.4. The van der Waals surface area contributed by atoms with Crippen molar-refractivity contribution in [3.8, 4) is 5.75 Å². The van der Waals surface area contributed by atoms with E-state index in [0.717, 1.165) is 12.2 Å². The molecule has 1 aliphatic carbocycles. The Balaban J connectivity index is 2.28. The molecule has 0 aliphatic heterocycles. The van der Waals surface area contributed by atoms with E-state index in [4.69, 9.17) is 16.3 Å². The molecule has 0 bridgehead atoms. The van der Waals surface area contributed by atoms with Gasteiger partial charge in [0.1, 0.15) is 11.9 Å². The lowest BCUT2D eigenvalue weighted by atomic mass is 9.68. The van der Waals surface area contributed by atoms with Gasteiger partial charge in [-0.05, 0) is 29.5 Å². The normalized spacial score (nSPS) is 25.8. The molecule has 2 atom stereocenters. The molecule has 2 rings (SSSR count). The van der Waals surface area contributed by atoms with Crippen LogP contribution in [0.4, 0.5) is 0 Å². The number of benzene rings is 1. The summed E-state index contributed by atoms with van der Waals surface area (Å²) in [7, 11) is 0. The molecule has 0 radical (unpaired) electrons. The fourth-order valence-corrected chi connectivity index (χ4v) is 2.84. The second-order valence-corrected chi connectivity index (χ2v) is 7.91. The summed E-state index contributed by atoms with van der Waals surface area (Å²) in [6.45, 7) is 13.1. The highest BCUT2D eigenvalue weighted by molar-refractivity contribution is 6.21. The minimum atomic E-state index is 0.0560. The van der Waals surface area contributed by atoms with Gasteiger partial charge in [-0.15, -0.1) is 11.6 Å². The van der Waals surface area contributed by atoms with Crippen LogP contribution in [0.1, 0.15) is 52.2 Å². The molecule has 0 heterocycles. The van der Waals surface area contributed by atoms with Gasteiger partial charge in [0.25, 0.3) is 0 Å². The summed E-state index contributed by atoms with van der Waals surface area (Å²) in [6.07, 6.45) is 1.16. The average molecular weight is 281 g/mol. The van der Waals surface area contributed by atoms with E-state index >= 15 is 0 Å². The van der Waals surface area contributed by atoms with Crippen molar-refractivity contribution in [1.82, 2.24) is 0 Å². The van der Waals surface area contributed by atoms with Gasteiger partial charge in [-0.25, -0.2) is 0 Å². The molecule has 0 saturated heterocycles. The highest BCUT2D eigenvalue weighted by Crippen LogP contribution is 2.47. The van der Waals surface area contributed by atoms with Crippen LogP contribution in [0.25, 0.3) is 0 Å². The number of alkyl halides is 1. The fourth-order valence-electron chi connectivity index (χ4n) is 2.54. The third kappa shape index (κ3) is 2.76. The van der Waals surface area contributed by atoms with Crippen LogP contribution < -0.4 is 4.74 Å². The Bertz CT molecular complexity index is 471. The van der Waals surface area contributed by atoms with Crippen molar-refractivity contribution in [3.05, 3.63) is 29.3 Å². The predicted octanol–water partition coefficient (Wildman–Crippen LogP) is 5.08. The number of rotatable bonds is 2. The monoisotopic (exact) mass is 280 g/mol. The van der Waals surface area contributed by atoms with Gasteiger partial charge < -0.3 is 4.74 Å². The molecule has 0 N–H and O–H groups in total. The van der Waals surface area contributed by atoms with Crippen LogP contribution in [-0.2, 0) is 5.41 Å². The van der Waals surface area contributed by atoms with Crippen LogP contribution in [0, 0.1) is 12.3 Å². The summed E-state index contributed by atoms with van der Waals surface area (Å²) < 4.78 is 6.29. The molecular weight excluding hydrogens is 256 g/mol. The molecule has 1 saturated carbocycles. The summed E-state index contributed by atoms with van der Waals surface area (Å²) >= 11 is 6.28. The maximum atomic E-state index is 6.29. The summed E-state index contributed by atoms with van der Waals surface area (Å²) in [5.74, 6) is 1.02. The van der Waals surface area contributed by atoms with Crippen molar-refractivity contribution in [2.75, 3.05) is 0 Å². The van der Waals surface area contributed by atoms with Gasteiger partial charge in [0, 0.05) is 17.2 Å². The van der Waals surface area contributed by atoms with Crippen molar-refractivity contribution < 1.29 is 4.74 Å². The molecule has 1 fully saturated rings. The first-order chi connectivity index (χ1) is 8.62. The number of aryl methyl sites for hydroxylation is 1. The van der Waals surface area contributed by atoms with Crippen LogP contribution in [0.5, 0.6) is 5.75 Å². The third-order valence-electron chi connectivity index (χ3n) is 4.27. The number of hydrogen-bond acceptors (Lipinski definition) is 1. The zero-order valence-electron chi connectivity index (χ0n) is 12.9. The Morgan fingerprint density at radius 1 is 1.26 bits per heavy atom. The van der Waals surface area contributed by atoms with E-state index in [1.54, 1.807) is 0 Å². The first kappa shape index (κ1) is 14.7. The van der Waals surface area contributed by atoms with Gasteiger partial charge in [-0.3, -0.25) is 0 Å². The average Bonchev–Trinajstić information content (AvgIpc) is 2.27. The molecule has 1 aromatic carbocycles. The molecule has 2 unspecified atom stereocenters. The largest absolute Gasteiger partial charge is 0.489 e. The van der Waals surface area contributed by atoms with Gasteiger partial charge in [-0.2, -0.15) is 0 Å². The number of ether oxygens (including phenoxy) is 1. The highest BCUT2D eigenvalue weighted by atomic mass is 35.5. The van der Waals surface area contributed by atoms with Gasteiger partial charge in [-0.1, -0.05) is 46.8 Å². The Hall–Kier alpha value is -0.690. The predicted molar refractivity (Wildman–Crippen MR) is 82.3 cm³/mol. The SMILES string of the molecule is Cc1ccc(C(C)(C)C)c(OC2CC(Cl)C2(C)C)c1. The quantitative estimate of drug-likeness (QED) is 0.687. The van der Waals surface area contributed by atoms with E-state index in [9.17, 15) is 0 Å². The Kier molecular flexibility index (Phi) is 3.64. The van der Waals surface area contributed by atoms with E-state index in [0.29, 0.717) is 0 Å². The molecule has 2 heteroatoms. The maximum absolute atomic E-state index is 6.29. The van der Waals surface area contributed by atoms with E-state index in [1.807, 2.05) is 0 Å². The van der Waals surface area contributed by atoms with Crippen molar-refractivity contribution in [2.24, 2.45) is 5.41 Å². The standard InChI is InChI=1S/C17H25ClO/c1-11-7-8-12(16(2,3)4)13(9-11)19-15-10-14(18)17(15,5)6/h7-9,14-15H,10H2,1-6H3. The fraction of sp³-hybridized carbons (Fsp3) is 0.647. The second-order valence-electron chi connectivity index (χ2n) is 7.38. The lowest BCUT2D eigenvalue weighted by Gasteiger charge is -2.48. The molecule has 0 aromatic heterocycles. The molecule has 1 aromatic rings. The summed E-state index contributed by atoms with van der Waals surface area (Å²) in [5.41, 5.74) is 2.66. The van der Waals surface area contributed by atoms with E-state index in [2.05, 4.69) is 59.7 Å². The van der Waals surface area contributed by atoms with Crippen LogP contribution in [-0.4, -0.2) is 11.5 Å². The van der Waals surface area contributed by atoms with Crippen LogP contribution >= 0.6 is 11.6 Å². The van der Waals surface area contributed by atoms with Crippen LogP contribution in [0.2, 0.25) is 0 Å². The molecule has 1 aliphatic rings. The number of halogens is 1. The topological polar surface area (TPSA) is 9.23 Å². The Morgan fingerprint density at radius 3 is 2.37 bits per heavy atom. The summed E-state index contributed by atoms with van der Waals surface area (Å²) in [5, 5.41) is 0.223. The van der Waals surface area contributed by atoms with Crippen LogP contribution in [0.15, 0.2) is 18.2 Å². The molecule has 106 valence electrons. The van der Waals surface area contributed by atoms with Gasteiger partial charge in [0.2, 0.25) is 0 Å². The molecule has 0 spiro atoms. The van der Waals surface area contributed by atoms with Gasteiger partial charge >= 0.3 is 0 Å². The maximum Gasteiger partial charge on any atom is 0.123 e. The summed E-state index contributed by atoms with van der Waals surface area (Å²) in [4.78, 5) is 0. The molecule has 19 heavy (non-hydrogen) atoms. The second kappa shape index (κ2) is 4.70. The van der Waals surface area contributed by atoms with Crippen molar-refractivity contribution >= 4 is 11.6 Å². The molecule has 0 amide bonds. The van der Waals surface area contributed by atoms with E-state index in [-0.39, 0.29) is 22.3 Å². The minimum Gasteiger partial charge on any atom is -0.489 e. The minimum absolute atomic E-state index is 0.0560. The van der Waals surface area contributed by atoms with E-state index < -0.39 is 0 Å². The van der Waals surface area contributed by atoms with Crippen molar-refractivity contribution in [3.63, 3.8) is 0 Å². The summed E-state index contributed by atoms with van der Waals surface area (Å²) in [6, 6.07) is 6.50. The smallest absolute Gasteiger partial charge is 0.123 e. The Labute approximate surface area is 122 Å². The lowest BCUT2D eigenvalue weighted by molar-refractivity contribution is -0.0141. The van der Waals surface area contributed by atoms with Crippen molar-refractivity contribution in [1.29, 1.82) is 0 Å². The van der Waals surface area contributed by atoms with Gasteiger partial charge in [0.15, 0.2) is 0 Å². The number of hydrogen-bond donors (Lipinski definition) is 0. The zero-order valence-corrected chi connectivity index (χ0v) is 13.6.